The van der Waals surface area contributed by atoms with Crippen LogP contribution in [0.25, 0.3) is 0 Å². The standard InChI is InChI=1S/C19H15N3O4/c23-14-8-4-12(5-9-14)18(25)21-16-2-1-3-17(20-16)22-19(26)13-6-10-15(24)11-7-13/h1-11,23-24H,(H2,20,21,22,25,26). The summed E-state index contributed by atoms with van der Waals surface area (Å²) in [6.45, 7) is 0. The highest BCUT2D eigenvalue weighted by molar-refractivity contribution is 6.05. The Morgan fingerprint density at radius 2 is 1.04 bits per heavy atom. The third-order valence-electron chi connectivity index (χ3n) is 3.49. The first kappa shape index (κ1) is 17.0. The third-order valence-corrected chi connectivity index (χ3v) is 3.49. The highest BCUT2D eigenvalue weighted by atomic mass is 16.3. The van der Waals surface area contributed by atoms with Gasteiger partial charge in [0.25, 0.3) is 11.8 Å². The Bertz CT molecular complexity index is 863. The lowest BCUT2D eigenvalue weighted by Gasteiger charge is -2.08. The Hall–Kier alpha value is -3.87. The summed E-state index contributed by atoms with van der Waals surface area (Å²) < 4.78 is 0. The quantitative estimate of drug-likeness (QED) is 0.578. The highest BCUT2D eigenvalue weighted by Crippen LogP contribution is 2.15. The molecule has 1 aromatic heterocycles. The van der Waals surface area contributed by atoms with Crippen LogP contribution in [0.5, 0.6) is 11.5 Å². The minimum atomic E-state index is -0.389. The van der Waals surface area contributed by atoms with Gasteiger partial charge < -0.3 is 20.8 Å². The van der Waals surface area contributed by atoms with Crippen LogP contribution in [0.2, 0.25) is 0 Å². The van der Waals surface area contributed by atoms with Gasteiger partial charge in [-0.05, 0) is 60.7 Å². The maximum Gasteiger partial charge on any atom is 0.256 e. The molecule has 0 atom stereocenters. The first-order valence-electron chi connectivity index (χ1n) is 7.69. The molecule has 26 heavy (non-hydrogen) atoms. The molecule has 0 spiro atoms. The molecule has 4 N–H and O–H groups in total. The fourth-order valence-corrected chi connectivity index (χ4v) is 2.18. The molecule has 0 aliphatic rings. The van der Waals surface area contributed by atoms with Crippen molar-refractivity contribution in [1.29, 1.82) is 0 Å². The summed E-state index contributed by atoms with van der Waals surface area (Å²) in [5.74, 6) is -0.102. The van der Waals surface area contributed by atoms with Gasteiger partial charge in [0.1, 0.15) is 23.1 Å². The SMILES string of the molecule is O=C(Nc1cccc(NC(=O)c2ccc(O)cc2)n1)c1ccc(O)cc1. The molecule has 0 unspecified atom stereocenters. The van der Waals surface area contributed by atoms with Gasteiger partial charge in [0.05, 0.1) is 0 Å². The van der Waals surface area contributed by atoms with Crippen molar-refractivity contribution in [1.82, 2.24) is 4.98 Å². The van der Waals surface area contributed by atoms with Crippen LogP contribution in [0.15, 0.2) is 66.7 Å². The van der Waals surface area contributed by atoms with Gasteiger partial charge in [0.15, 0.2) is 0 Å². The summed E-state index contributed by atoms with van der Waals surface area (Å²) in [5, 5.41) is 23.8. The first-order chi connectivity index (χ1) is 12.5. The molecule has 3 aromatic rings. The van der Waals surface area contributed by atoms with E-state index in [1.54, 1.807) is 18.2 Å². The van der Waals surface area contributed by atoms with Crippen molar-refractivity contribution in [3.63, 3.8) is 0 Å². The monoisotopic (exact) mass is 349 g/mol. The summed E-state index contributed by atoms with van der Waals surface area (Å²) in [6, 6.07) is 16.4. The Morgan fingerprint density at radius 1 is 0.654 bits per heavy atom. The fourth-order valence-electron chi connectivity index (χ4n) is 2.18. The number of anilines is 2. The van der Waals surface area contributed by atoms with Crippen LogP contribution in [-0.4, -0.2) is 27.0 Å². The number of aromatic nitrogens is 1. The molecule has 0 aliphatic carbocycles. The summed E-state index contributed by atoms with van der Waals surface area (Å²) in [4.78, 5) is 28.5. The molecule has 0 saturated carbocycles. The largest absolute Gasteiger partial charge is 0.508 e. The number of hydrogen-bond donors (Lipinski definition) is 4. The van der Waals surface area contributed by atoms with Crippen molar-refractivity contribution in [3.8, 4) is 11.5 Å². The number of phenols is 2. The second-order valence-corrected chi connectivity index (χ2v) is 5.41. The van der Waals surface area contributed by atoms with Crippen molar-refractivity contribution in [2.45, 2.75) is 0 Å². The number of carbonyl (C=O) groups excluding carboxylic acids is 2. The van der Waals surface area contributed by atoms with Crippen LogP contribution in [-0.2, 0) is 0 Å². The number of phenolic OH excluding ortho intramolecular Hbond substituents is 2. The molecule has 1 heterocycles. The lowest BCUT2D eigenvalue weighted by Crippen LogP contribution is -2.15. The van der Waals surface area contributed by atoms with Crippen molar-refractivity contribution < 1.29 is 19.8 Å². The van der Waals surface area contributed by atoms with Crippen LogP contribution >= 0.6 is 0 Å². The zero-order chi connectivity index (χ0) is 18.5. The maximum atomic E-state index is 12.2. The van der Waals surface area contributed by atoms with E-state index in [2.05, 4.69) is 15.6 Å². The molecule has 0 fully saturated rings. The molecular weight excluding hydrogens is 334 g/mol. The normalized spacial score (nSPS) is 10.2. The molecule has 0 saturated heterocycles. The minimum Gasteiger partial charge on any atom is -0.508 e. The Kier molecular flexibility index (Phi) is 4.80. The smallest absolute Gasteiger partial charge is 0.256 e. The number of carbonyl (C=O) groups is 2. The Labute approximate surface area is 149 Å². The number of hydrogen-bond acceptors (Lipinski definition) is 5. The van der Waals surface area contributed by atoms with Gasteiger partial charge in [-0.2, -0.15) is 0 Å². The van der Waals surface area contributed by atoms with Gasteiger partial charge in [0, 0.05) is 11.1 Å². The van der Waals surface area contributed by atoms with E-state index in [0.29, 0.717) is 11.1 Å². The van der Waals surface area contributed by atoms with Crippen molar-refractivity contribution in [2.75, 3.05) is 10.6 Å². The minimum absolute atomic E-state index is 0.0682. The predicted molar refractivity (Wildman–Crippen MR) is 96.4 cm³/mol. The Balaban J connectivity index is 1.69. The van der Waals surface area contributed by atoms with Gasteiger partial charge in [-0.3, -0.25) is 9.59 Å². The van der Waals surface area contributed by atoms with Crippen LogP contribution in [0.4, 0.5) is 11.6 Å². The molecule has 0 aliphatic heterocycles. The molecule has 0 bridgehead atoms. The van der Waals surface area contributed by atoms with E-state index in [-0.39, 0.29) is 34.9 Å². The zero-order valence-corrected chi connectivity index (χ0v) is 13.5. The molecule has 0 radical (unpaired) electrons. The Morgan fingerprint density at radius 3 is 1.42 bits per heavy atom. The van der Waals surface area contributed by atoms with E-state index < -0.39 is 0 Å². The van der Waals surface area contributed by atoms with Gasteiger partial charge in [-0.25, -0.2) is 4.98 Å². The number of benzene rings is 2. The van der Waals surface area contributed by atoms with Gasteiger partial charge >= 0.3 is 0 Å². The lowest BCUT2D eigenvalue weighted by atomic mass is 10.2. The summed E-state index contributed by atoms with van der Waals surface area (Å²) in [5.41, 5.74) is 0.728. The van der Waals surface area contributed by atoms with E-state index in [4.69, 9.17) is 0 Å². The average Bonchev–Trinajstić information content (AvgIpc) is 2.63. The van der Waals surface area contributed by atoms with E-state index in [1.807, 2.05) is 0 Å². The fraction of sp³-hybridized carbons (Fsp3) is 0. The lowest BCUT2D eigenvalue weighted by molar-refractivity contribution is 0.101. The molecule has 7 heteroatoms. The molecular formula is C19H15N3O4. The zero-order valence-electron chi connectivity index (χ0n) is 13.5. The van der Waals surface area contributed by atoms with Crippen LogP contribution < -0.4 is 10.6 Å². The van der Waals surface area contributed by atoms with Gasteiger partial charge in [-0.1, -0.05) is 6.07 Å². The van der Waals surface area contributed by atoms with Crippen LogP contribution in [0.1, 0.15) is 20.7 Å². The van der Waals surface area contributed by atoms with E-state index in [1.165, 1.54) is 48.5 Å². The van der Waals surface area contributed by atoms with Crippen molar-refractivity contribution in [3.05, 3.63) is 77.9 Å². The second kappa shape index (κ2) is 7.35. The average molecular weight is 349 g/mol. The molecule has 2 amide bonds. The number of pyridine rings is 1. The second-order valence-electron chi connectivity index (χ2n) is 5.41. The van der Waals surface area contributed by atoms with Crippen molar-refractivity contribution >= 4 is 23.5 Å². The van der Waals surface area contributed by atoms with Crippen molar-refractivity contribution in [2.24, 2.45) is 0 Å². The van der Waals surface area contributed by atoms with Crippen LogP contribution in [0.3, 0.4) is 0 Å². The molecule has 3 rings (SSSR count). The predicted octanol–water partition coefficient (Wildman–Crippen LogP) is 3.00. The maximum absolute atomic E-state index is 12.2. The van der Waals surface area contributed by atoms with E-state index in [0.717, 1.165) is 0 Å². The van der Waals surface area contributed by atoms with E-state index >= 15 is 0 Å². The molecule has 2 aromatic carbocycles. The number of nitrogens with zero attached hydrogens (tertiary/aromatic N) is 1. The van der Waals surface area contributed by atoms with Crippen LogP contribution in [0, 0.1) is 0 Å². The summed E-state index contributed by atoms with van der Waals surface area (Å²) in [6.07, 6.45) is 0. The van der Waals surface area contributed by atoms with Gasteiger partial charge in [0.2, 0.25) is 0 Å². The number of rotatable bonds is 4. The van der Waals surface area contributed by atoms with Gasteiger partial charge in [-0.15, -0.1) is 0 Å². The molecule has 130 valence electrons. The first-order valence-corrected chi connectivity index (χ1v) is 7.69. The summed E-state index contributed by atoms with van der Waals surface area (Å²) in [7, 11) is 0. The summed E-state index contributed by atoms with van der Waals surface area (Å²) >= 11 is 0. The topological polar surface area (TPSA) is 112 Å². The number of nitrogens with one attached hydrogen (secondary N) is 2. The highest BCUT2D eigenvalue weighted by Gasteiger charge is 2.10. The number of amides is 2. The third kappa shape index (κ3) is 4.15. The number of aromatic hydroxyl groups is 2. The van der Waals surface area contributed by atoms with E-state index in [9.17, 15) is 19.8 Å². The molecule has 7 nitrogen and oxygen atoms in total.